The summed E-state index contributed by atoms with van der Waals surface area (Å²) in [5, 5.41) is 0. The van der Waals surface area contributed by atoms with E-state index >= 15 is 0 Å². The quantitative estimate of drug-likeness (QED) is 0.777. The van der Waals surface area contributed by atoms with Crippen LogP contribution in [0.15, 0.2) is 6.20 Å². The van der Waals surface area contributed by atoms with Gasteiger partial charge >= 0.3 is 11.9 Å². The number of aryl methyl sites for hydroxylation is 1. The zero-order valence-electron chi connectivity index (χ0n) is 13.2. The second kappa shape index (κ2) is 7.20. The molecule has 0 aliphatic carbocycles. The molecule has 0 bridgehead atoms. The van der Waals surface area contributed by atoms with E-state index in [1.54, 1.807) is 13.8 Å². The zero-order valence-corrected chi connectivity index (χ0v) is 13.2. The lowest BCUT2D eigenvalue weighted by molar-refractivity contribution is -0.145. The van der Waals surface area contributed by atoms with Crippen LogP contribution in [0.5, 0.6) is 0 Å². The van der Waals surface area contributed by atoms with Crippen molar-refractivity contribution in [2.24, 2.45) is 5.92 Å². The van der Waals surface area contributed by atoms with E-state index in [1.807, 2.05) is 4.90 Å². The van der Waals surface area contributed by atoms with E-state index in [9.17, 15) is 9.59 Å². The minimum atomic E-state index is -0.447. The summed E-state index contributed by atoms with van der Waals surface area (Å²) in [7, 11) is 1.39. The number of carbonyl (C=O) groups excluding carboxylic acids is 2. The highest BCUT2D eigenvalue weighted by atomic mass is 16.5. The van der Waals surface area contributed by atoms with E-state index in [4.69, 9.17) is 9.47 Å². The van der Waals surface area contributed by atoms with Crippen LogP contribution in [0.3, 0.4) is 0 Å². The number of hydrogen-bond acceptors (Lipinski definition) is 7. The summed E-state index contributed by atoms with van der Waals surface area (Å²) in [6, 6.07) is 0. The number of anilines is 1. The summed E-state index contributed by atoms with van der Waals surface area (Å²) in [4.78, 5) is 34.2. The molecule has 1 aliphatic rings. The first-order valence-corrected chi connectivity index (χ1v) is 7.40. The Bertz CT molecular complexity index is 562. The van der Waals surface area contributed by atoms with Gasteiger partial charge in [-0.25, -0.2) is 14.8 Å². The number of hydrogen-bond donors (Lipinski definition) is 0. The average molecular weight is 307 g/mol. The third-order valence-corrected chi connectivity index (χ3v) is 3.64. The monoisotopic (exact) mass is 307 g/mol. The van der Waals surface area contributed by atoms with Crippen LogP contribution < -0.4 is 4.90 Å². The molecule has 0 amide bonds. The van der Waals surface area contributed by atoms with Crippen molar-refractivity contribution in [2.75, 3.05) is 31.7 Å². The molecule has 7 nitrogen and oxygen atoms in total. The molecule has 7 heteroatoms. The van der Waals surface area contributed by atoms with Crippen molar-refractivity contribution in [3.63, 3.8) is 0 Å². The predicted molar refractivity (Wildman–Crippen MR) is 79.7 cm³/mol. The SMILES string of the molecule is CCOC(=O)c1cnc(C)nc1N1CCCC(C(=O)OC)C1. The first kappa shape index (κ1) is 16.2. The van der Waals surface area contributed by atoms with Crippen molar-refractivity contribution >= 4 is 17.8 Å². The maximum Gasteiger partial charge on any atom is 0.343 e. The smallest absolute Gasteiger partial charge is 0.343 e. The van der Waals surface area contributed by atoms with Crippen LogP contribution in [0.2, 0.25) is 0 Å². The van der Waals surface area contributed by atoms with Crippen molar-refractivity contribution in [3.8, 4) is 0 Å². The van der Waals surface area contributed by atoms with Gasteiger partial charge in [-0.2, -0.15) is 0 Å². The van der Waals surface area contributed by atoms with Crippen molar-refractivity contribution in [3.05, 3.63) is 17.6 Å². The summed E-state index contributed by atoms with van der Waals surface area (Å²) in [6.07, 6.45) is 3.10. The molecule has 22 heavy (non-hydrogen) atoms. The number of esters is 2. The van der Waals surface area contributed by atoms with Crippen LogP contribution in [0.4, 0.5) is 5.82 Å². The third kappa shape index (κ3) is 3.52. The van der Waals surface area contributed by atoms with Gasteiger partial charge in [0, 0.05) is 19.3 Å². The standard InChI is InChI=1S/C15H21N3O4/c1-4-22-15(20)12-8-16-10(2)17-13(12)18-7-5-6-11(9-18)14(19)21-3/h8,11H,4-7,9H2,1-3H3. The van der Waals surface area contributed by atoms with E-state index < -0.39 is 5.97 Å². The fourth-order valence-corrected chi connectivity index (χ4v) is 2.58. The Kier molecular flexibility index (Phi) is 5.30. The third-order valence-electron chi connectivity index (χ3n) is 3.64. The Morgan fingerprint density at radius 1 is 1.45 bits per heavy atom. The molecule has 1 saturated heterocycles. The van der Waals surface area contributed by atoms with Crippen molar-refractivity contribution in [1.82, 2.24) is 9.97 Å². The summed E-state index contributed by atoms with van der Waals surface area (Å²) in [6.45, 7) is 5.02. The van der Waals surface area contributed by atoms with Crippen molar-refractivity contribution < 1.29 is 19.1 Å². The van der Waals surface area contributed by atoms with Gasteiger partial charge in [0.15, 0.2) is 0 Å². The molecule has 1 unspecified atom stereocenters. The molecule has 0 saturated carbocycles. The Hall–Kier alpha value is -2.18. The van der Waals surface area contributed by atoms with Crippen molar-refractivity contribution in [1.29, 1.82) is 0 Å². The van der Waals surface area contributed by atoms with Crippen LogP contribution in [0.25, 0.3) is 0 Å². The Morgan fingerprint density at radius 2 is 2.23 bits per heavy atom. The molecule has 120 valence electrons. The summed E-state index contributed by atoms with van der Waals surface area (Å²) >= 11 is 0. The lowest BCUT2D eigenvalue weighted by Crippen LogP contribution is -2.40. The first-order chi connectivity index (χ1) is 10.6. The molecule has 1 aromatic rings. The summed E-state index contributed by atoms with van der Waals surface area (Å²) in [5.74, 6) is 0.220. The minimum absolute atomic E-state index is 0.205. The van der Waals surface area contributed by atoms with Crippen LogP contribution in [-0.2, 0) is 14.3 Å². The van der Waals surface area contributed by atoms with Gasteiger partial charge in [-0.15, -0.1) is 0 Å². The van der Waals surface area contributed by atoms with E-state index in [1.165, 1.54) is 13.3 Å². The van der Waals surface area contributed by atoms with Crippen molar-refractivity contribution in [2.45, 2.75) is 26.7 Å². The highest BCUT2D eigenvalue weighted by molar-refractivity contribution is 5.94. The average Bonchev–Trinajstić information content (AvgIpc) is 2.54. The van der Waals surface area contributed by atoms with E-state index in [0.717, 1.165) is 19.4 Å². The van der Waals surface area contributed by atoms with Gasteiger partial charge in [0.05, 0.1) is 19.6 Å². The maximum atomic E-state index is 12.1. The molecule has 2 rings (SSSR count). The second-order valence-corrected chi connectivity index (χ2v) is 5.18. The molecule has 1 atom stereocenters. The number of carbonyl (C=O) groups is 2. The number of nitrogens with zero attached hydrogens (tertiary/aromatic N) is 3. The molecule has 0 radical (unpaired) electrons. The number of piperidine rings is 1. The number of ether oxygens (including phenoxy) is 2. The number of rotatable bonds is 4. The van der Waals surface area contributed by atoms with Gasteiger partial charge in [-0.1, -0.05) is 0 Å². The van der Waals surface area contributed by atoms with Crippen LogP contribution in [0.1, 0.15) is 35.9 Å². The first-order valence-electron chi connectivity index (χ1n) is 7.40. The van der Waals surface area contributed by atoms with Gasteiger partial charge in [-0.05, 0) is 26.7 Å². The molecule has 0 aromatic carbocycles. The maximum absolute atomic E-state index is 12.1. The van der Waals surface area contributed by atoms with Gasteiger partial charge in [0.2, 0.25) is 0 Å². The van der Waals surface area contributed by atoms with E-state index in [-0.39, 0.29) is 18.5 Å². The van der Waals surface area contributed by atoms with E-state index in [0.29, 0.717) is 23.8 Å². The molecule has 1 fully saturated rings. The van der Waals surface area contributed by atoms with Gasteiger partial charge < -0.3 is 14.4 Å². The predicted octanol–water partition coefficient (Wildman–Crippen LogP) is 1.35. The zero-order chi connectivity index (χ0) is 16.1. The fraction of sp³-hybridized carbons (Fsp3) is 0.600. The Labute approximate surface area is 129 Å². The Balaban J connectivity index is 2.28. The molecule has 0 N–H and O–H groups in total. The minimum Gasteiger partial charge on any atom is -0.469 e. The Morgan fingerprint density at radius 3 is 2.91 bits per heavy atom. The molecule has 1 aromatic heterocycles. The lowest BCUT2D eigenvalue weighted by Gasteiger charge is -2.33. The number of aromatic nitrogens is 2. The van der Waals surface area contributed by atoms with Gasteiger partial charge in [0.25, 0.3) is 0 Å². The molecular weight excluding hydrogens is 286 g/mol. The summed E-state index contributed by atoms with van der Waals surface area (Å²) in [5.41, 5.74) is 0.331. The van der Waals surface area contributed by atoms with Gasteiger partial charge in [-0.3, -0.25) is 4.79 Å². The molecule has 0 spiro atoms. The fourth-order valence-electron chi connectivity index (χ4n) is 2.58. The highest BCUT2D eigenvalue weighted by Gasteiger charge is 2.29. The van der Waals surface area contributed by atoms with Crippen LogP contribution in [-0.4, -0.2) is 48.7 Å². The van der Waals surface area contributed by atoms with Crippen LogP contribution >= 0.6 is 0 Å². The summed E-state index contributed by atoms with van der Waals surface area (Å²) < 4.78 is 9.88. The number of methoxy groups -OCH3 is 1. The topological polar surface area (TPSA) is 81.6 Å². The molecular formula is C15H21N3O4. The second-order valence-electron chi connectivity index (χ2n) is 5.18. The normalized spacial score (nSPS) is 18.0. The van der Waals surface area contributed by atoms with E-state index in [2.05, 4.69) is 9.97 Å². The lowest BCUT2D eigenvalue weighted by atomic mass is 9.98. The molecule has 1 aliphatic heterocycles. The largest absolute Gasteiger partial charge is 0.469 e. The van der Waals surface area contributed by atoms with Crippen LogP contribution in [0, 0.1) is 12.8 Å². The highest BCUT2D eigenvalue weighted by Crippen LogP contribution is 2.25. The van der Waals surface area contributed by atoms with Gasteiger partial charge in [0.1, 0.15) is 17.2 Å². The molecule has 2 heterocycles.